The van der Waals surface area contributed by atoms with Crippen LogP contribution in [0.5, 0.6) is 0 Å². The summed E-state index contributed by atoms with van der Waals surface area (Å²) in [5, 5.41) is 0. The Hall–Kier alpha value is 0.790. The van der Waals surface area contributed by atoms with E-state index in [1.165, 1.54) is 6.42 Å². The molecule has 0 spiro atoms. The minimum Gasteiger partial charge on any atom is 1.00 e. The van der Waals surface area contributed by atoms with Crippen molar-refractivity contribution in [2.24, 2.45) is 0 Å². The smallest absolute Gasteiger partial charge is 1.00 e. The van der Waals surface area contributed by atoms with E-state index in [2.05, 4.69) is 13.8 Å². The summed E-state index contributed by atoms with van der Waals surface area (Å²) >= 11 is 1.92. The second kappa shape index (κ2) is 3.00. The Kier molecular flexibility index (Phi) is 3.47. The third-order valence-corrected chi connectivity index (χ3v) is 1.63. The molecule has 0 saturated heterocycles. The minimum atomic E-state index is 0. The van der Waals surface area contributed by atoms with E-state index < -0.39 is 0 Å². The maximum Gasteiger partial charge on any atom is 1.00 e. The van der Waals surface area contributed by atoms with Gasteiger partial charge in [-0.05, 0) is 0 Å². The fraction of sp³-hybridized carbons (Fsp3) is 1.00. The predicted octanol–water partition coefficient (Wildman–Crippen LogP) is 1.22. The molecule has 0 radical (unpaired) electrons. The van der Waals surface area contributed by atoms with E-state index in [-0.39, 0.29) is 1.43 Å². The molecule has 0 fully saturated rings. The Labute approximate surface area is 48.3 Å². The fourth-order valence-electron chi connectivity index (χ4n) is 0. The van der Waals surface area contributed by atoms with Gasteiger partial charge in [0.1, 0.15) is 0 Å². The molecule has 0 N–H and O–H groups in total. The van der Waals surface area contributed by atoms with E-state index in [0.717, 1.165) is 3.97 Å². The van der Waals surface area contributed by atoms with Crippen LogP contribution in [0.4, 0.5) is 0 Å². The average Bonchev–Trinajstić information content (AvgIpc) is 1.38. The molecule has 0 rings (SSSR count). The summed E-state index contributed by atoms with van der Waals surface area (Å²) in [4.78, 5) is 0. The molecule has 0 aliphatic rings. The molecule has 0 bridgehead atoms. The van der Waals surface area contributed by atoms with Gasteiger partial charge in [-0.25, -0.2) is 0 Å². The first-order chi connectivity index (χ1) is 2.27. The van der Waals surface area contributed by atoms with Crippen LogP contribution < -0.4 is 0 Å². The normalized spacial score (nSPS) is 15.0. The minimum absolute atomic E-state index is 0. The van der Waals surface area contributed by atoms with Crippen LogP contribution >= 0.6 is 0 Å². The molecule has 1 atom stereocenters. The van der Waals surface area contributed by atoms with Crippen molar-refractivity contribution in [3.05, 3.63) is 0 Å². The van der Waals surface area contributed by atoms with Crippen LogP contribution in [-0.4, -0.2) is 22.3 Å². The maximum absolute atomic E-state index is 2.24. The van der Waals surface area contributed by atoms with Crippen molar-refractivity contribution in [3.63, 3.8) is 0 Å². The van der Waals surface area contributed by atoms with Crippen LogP contribution in [-0.2, 0) is 0 Å². The van der Waals surface area contributed by atoms with Crippen LogP contribution in [0.1, 0.15) is 21.7 Å². The zero-order valence-electron chi connectivity index (χ0n) is 4.73. The van der Waals surface area contributed by atoms with Crippen molar-refractivity contribution in [1.29, 1.82) is 0 Å². The Bertz CT molecular complexity index is 21.5. The molecule has 0 aromatic carbocycles. The first-order valence-electron chi connectivity index (χ1n) is 1.95. The Morgan fingerprint density at radius 2 is 2.20 bits per heavy atom. The molecule has 5 heavy (non-hydrogen) atoms. The molecule has 0 amide bonds. The van der Waals surface area contributed by atoms with Gasteiger partial charge in [0.15, 0.2) is 0 Å². The molecule has 0 aliphatic heterocycles. The van der Waals surface area contributed by atoms with E-state index in [9.17, 15) is 0 Å². The van der Waals surface area contributed by atoms with Crippen molar-refractivity contribution < 1.29 is 1.43 Å². The maximum atomic E-state index is 2.24. The molecule has 1 heteroatoms. The Morgan fingerprint density at radius 3 is 2.20 bits per heavy atom. The summed E-state index contributed by atoms with van der Waals surface area (Å²) in [6.07, 6.45) is 1.33. The van der Waals surface area contributed by atoms with Gasteiger partial charge in [-0.3, -0.25) is 0 Å². The van der Waals surface area contributed by atoms with Gasteiger partial charge in [-0.2, -0.15) is 0 Å². The van der Waals surface area contributed by atoms with Crippen molar-refractivity contribution in [1.82, 2.24) is 0 Å². The first kappa shape index (κ1) is 5.79. The summed E-state index contributed by atoms with van der Waals surface area (Å²) < 4.78 is 0.934. The van der Waals surface area contributed by atoms with E-state index in [4.69, 9.17) is 0 Å². The van der Waals surface area contributed by atoms with E-state index in [1.54, 1.807) is 0 Å². The molecule has 0 aromatic rings. The van der Waals surface area contributed by atoms with Gasteiger partial charge in [-0.15, -0.1) is 0 Å². The molecule has 32 valence electrons. The van der Waals surface area contributed by atoms with Gasteiger partial charge in [-0.1, -0.05) is 0 Å². The van der Waals surface area contributed by atoms with Crippen molar-refractivity contribution >= 4 is 22.3 Å². The molecule has 0 heterocycles. The fourth-order valence-corrected chi connectivity index (χ4v) is 0. The third kappa shape index (κ3) is 4.79. The first-order valence-corrected chi connectivity index (χ1v) is 3.42. The molecular formula is C4H11Te+. The van der Waals surface area contributed by atoms with Crippen LogP contribution in [0.3, 0.4) is 0 Å². The van der Waals surface area contributed by atoms with Gasteiger partial charge in [0, 0.05) is 0 Å². The van der Waals surface area contributed by atoms with Gasteiger partial charge < -0.3 is 0 Å². The summed E-state index contributed by atoms with van der Waals surface area (Å²) in [5.41, 5.74) is 0. The van der Waals surface area contributed by atoms with Crippen LogP contribution in [0.25, 0.3) is 0 Å². The van der Waals surface area contributed by atoms with E-state index in [0.29, 0.717) is 0 Å². The number of hydrogen-bond donors (Lipinski definition) is 0. The summed E-state index contributed by atoms with van der Waals surface area (Å²) in [5.74, 6) is 0. The average molecular weight is 187 g/mol. The van der Waals surface area contributed by atoms with Crippen molar-refractivity contribution in [2.75, 3.05) is 0 Å². The van der Waals surface area contributed by atoms with Gasteiger partial charge in [0.25, 0.3) is 0 Å². The molecule has 0 saturated carbocycles. The summed E-state index contributed by atoms with van der Waals surface area (Å²) in [6, 6.07) is 0. The standard InChI is InChI=1S/C4H10Te/c1-3-4(2)5/h4-5H,3H2,1-2H3/p+1. The molecular weight excluding hydrogens is 176 g/mol. The second-order valence-electron chi connectivity index (χ2n) is 1.26. The quantitative estimate of drug-likeness (QED) is 0.541. The SMILES string of the molecule is CCC(C)[TeH].[H+]. The summed E-state index contributed by atoms with van der Waals surface area (Å²) in [6.45, 7) is 4.46. The van der Waals surface area contributed by atoms with Gasteiger partial charge in [0.05, 0.1) is 0 Å². The number of hydrogen-bond acceptors (Lipinski definition) is 0. The predicted molar refractivity (Wildman–Crippen MR) is 28.0 cm³/mol. The third-order valence-electron chi connectivity index (χ3n) is 0.591. The molecule has 0 nitrogen and oxygen atoms in total. The number of rotatable bonds is 1. The van der Waals surface area contributed by atoms with Crippen LogP contribution in [0.15, 0.2) is 0 Å². The zero-order chi connectivity index (χ0) is 4.28. The van der Waals surface area contributed by atoms with Crippen LogP contribution in [0, 0.1) is 0 Å². The topological polar surface area (TPSA) is 0 Å². The van der Waals surface area contributed by atoms with Crippen LogP contribution in [0.2, 0.25) is 3.97 Å². The van der Waals surface area contributed by atoms with E-state index in [1.807, 2.05) is 22.3 Å². The molecule has 0 aliphatic carbocycles. The van der Waals surface area contributed by atoms with Gasteiger partial charge >= 0.3 is 48.0 Å². The zero-order valence-corrected chi connectivity index (χ0v) is 6.28. The monoisotopic (exact) mass is 189 g/mol. The molecule has 1 unspecified atom stereocenters. The van der Waals surface area contributed by atoms with Crippen molar-refractivity contribution in [3.8, 4) is 0 Å². The largest absolute Gasteiger partial charge is 1.00 e. The van der Waals surface area contributed by atoms with E-state index >= 15 is 0 Å². The second-order valence-corrected chi connectivity index (χ2v) is 3.77. The van der Waals surface area contributed by atoms with Gasteiger partial charge in [0.2, 0.25) is 0 Å². The Morgan fingerprint density at radius 1 is 2.00 bits per heavy atom. The molecule has 0 aromatic heterocycles. The Balaban J connectivity index is 0. The van der Waals surface area contributed by atoms with Crippen molar-refractivity contribution in [2.45, 2.75) is 24.2 Å². The summed E-state index contributed by atoms with van der Waals surface area (Å²) in [7, 11) is 0.